The number of allylic oxidation sites excluding steroid dienone is 1. The maximum absolute atomic E-state index is 13.2. The number of ketones is 1. The summed E-state index contributed by atoms with van der Waals surface area (Å²) in [5.41, 5.74) is 8.48. The number of nitrogens with two attached hydrogens (primary N) is 1. The highest BCUT2D eigenvalue weighted by Gasteiger charge is 2.19. The minimum absolute atomic E-state index is 0.101. The number of Topliss-reactive ketones (excluding diaryl/α,β-unsaturated/α-hetero) is 1. The molecule has 150 valence electrons. The molecule has 0 spiro atoms. The molecule has 0 unspecified atom stereocenters. The molecule has 0 atom stereocenters. The molecule has 0 amide bonds. The van der Waals surface area contributed by atoms with Gasteiger partial charge in [0.25, 0.3) is 0 Å². The largest absolute Gasteiger partial charge is 0.495 e. The van der Waals surface area contributed by atoms with Crippen LogP contribution in [0.25, 0.3) is 6.08 Å². The molecule has 2 N–H and O–H groups in total. The van der Waals surface area contributed by atoms with Crippen LogP contribution >= 0.6 is 0 Å². The smallest absolute Gasteiger partial charge is 0.203 e. The predicted molar refractivity (Wildman–Crippen MR) is 111 cm³/mol. The van der Waals surface area contributed by atoms with Gasteiger partial charge in [-0.15, -0.1) is 0 Å². The van der Waals surface area contributed by atoms with Gasteiger partial charge in [-0.05, 0) is 42.3 Å². The Morgan fingerprint density at radius 2 is 1.54 bits per heavy atom. The predicted octanol–water partition coefficient (Wildman–Crippen LogP) is 4.37. The maximum Gasteiger partial charge on any atom is 0.203 e. The minimum Gasteiger partial charge on any atom is -0.495 e. The summed E-state index contributed by atoms with van der Waals surface area (Å²) in [6, 6.07) is 8.77. The van der Waals surface area contributed by atoms with E-state index in [4.69, 9.17) is 24.7 Å². The second-order valence-electron chi connectivity index (χ2n) is 6.16. The molecule has 0 aromatic heterocycles. The first-order valence-corrected chi connectivity index (χ1v) is 8.97. The lowest BCUT2D eigenvalue weighted by atomic mass is 9.96. The van der Waals surface area contributed by atoms with Crippen molar-refractivity contribution in [3.05, 3.63) is 47.0 Å². The van der Waals surface area contributed by atoms with E-state index in [1.165, 1.54) is 21.3 Å². The summed E-state index contributed by atoms with van der Waals surface area (Å²) in [7, 11) is 6.14. The number of carbonyl (C=O) groups is 1. The molecule has 0 heterocycles. The molecule has 0 saturated carbocycles. The Balaban J connectivity index is 2.49. The number of carbonyl (C=O) groups excluding carboxylic acids is 1. The van der Waals surface area contributed by atoms with Crippen molar-refractivity contribution in [1.82, 2.24) is 0 Å². The topological polar surface area (TPSA) is 80.0 Å². The lowest BCUT2D eigenvalue weighted by Gasteiger charge is -2.14. The van der Waals surface area contributed by atoms with Crippen LogP contribution < -0.4 is 24.7 Å². The lowest BCUT2D eigenvalue weighted by molar-refractivity contribution is 0.103. The molecule has 0 saturated heterocycles. The highest BCUT2D eigenvalue weighted by molar-refractivity contribution is 6.12. The van der Waals surface area contributed by atoms with E-state index in [1.807, 2.05) is 19.1 Å². The van der Waals surface area contributed by atoms with Gasteiger partial charge in [0.1, 0.15) is 5.75 Å². The van der Waals surface area contributed by atoms with Crippen molar-refractivity contribution < 1.29 is 23.7 Å². The van der Waals surface area contributed by atoms with Crippen LogP contribution in [0.3, 0.4) is 0 Å². The SMILES string of the molecule is CCCC(=Cc1ccc(OC)c(N)c1)C(=O)c1cc(OC)c(OC)c(OC)c1. The second kappa shape index (κ2) is 9.69. The minimum atomic E-state index is -0.101. The number of hydrogen-bond acceptors (Lipinski definition) is 6. The van der Waals surface area contributed by atoms with Crippen LogP contribution in [0.4, 0.5) is 5.69 Å². The summed E-state index contributed by atoms with van der Waals surface area (Å²) in [6.45, 7) is 2.03. The molecular formula is C22H27NO5. The van der Waals surface area contributed by atoms with Gasteiger partial charge in [0, 0.05) is 11.1 Å². The average molecular weight is 385 g/mol. The first-order chi connectivity index (χ1) is 13.5. The van der Waals surface area contributed by atoms with Gasteiger partial charge in [-0.25, -0.2) is 0 Å². The van der Waals surface area contributed by atoms with E-state index >= 15 is 0 Å². The van der Waals surface area contributed by atoms with Crippen LogP contribution in [0.5, 0.6) is 23.0 Å². The van der Waals surface area contributed by atoms with Crippen LogP contribution in [0, 0.1) is 0 Å². The summed E-state index contributed by atoms with van der Waals surface area (Å²) in [4.78, 5) is 13.2. The zero-order chi connectivity index (χ0) is 20.7. The van der Waals surface area contributed by atoms with Gasteiger partial charge in [-0.1, -0.05) is 19.4 Å². The summed E-state index contributed by atoms with van der Waals surface area (Å²) in [6.07, 6.45) is 3.31. The van der Waals surface area contributed by atoms with Crippen molar-refractivity contribution in [2.24, 2.45) is 0 Å². The third kappa shape index (κ3) is 4.57. The van der Waals surface area contributed by atoms with Crippen molar-refractivity contribution in [1.29, 1.82) is 0 Å². The number of ether oxygens (including phenoxy) is 4. The van der Waals surface area contributed by atoms with Crippen LogP contribution in [-0.4, -0.2) is 34.2 Å². The molecule has 0 aliphatic rings. The van der Waals surface area contributed by atoms with Gasteiger partial charge >= 0.3 is 0 Å². The van der Waals surface area contributed by atoms with Gasteiger partial charge < -0.3 is 24.7 Å². The zero-order valence-electron chi connectivity index (χ0n) is 17.0. The van der Waals surface area contributed by atoms with Crippen LogP contribution in [-0.2, 0) is 0 Å². The van der Waals surface area contributed by atoms with Gasteiger partial charge in [-0.3, -0.25) is 4.79 Å². The molecule has 28 heavy (non-hydrogen) atoms. The van der Waals surface area contributed by atoms with Gasteiger partial charge in [0.2, 0.25) is 5.75 Å². The van der Waals surface area contributed by atoms with E-state index in [0.29, 0.717) is 46.2 Å². The highest BCUT2D eigenvalue weighted by Crippen LogP contribution is 2.39. The molecule has 6 heteroatoms. The molecule has 2 rings (SSSR count). The molecule has 2 aromatic rings. The maximum atomic E-state index is 13.2. The average Bonchev–Trinajstić information content (AvgIpc) is 2.71. The standard InChI is InChI=1S/C22H27NO5/c1-6-7-15(10-14-8-9-18(25-2)17(23)11-14)21(24)16-12-19(26-3)22(28-5)20(13-16)27-4/h8-13H,6-7,23H2,1-5H3. The fourth-order valence-corrected chi connectivity index (χ4v) is 2.96. The van der Waals surface area contributed by atoms with Crippen molar-refractivity contribution in [3.63, 3.8) is 0 Å². The molecular weight excluding hydrogens is 358 g/mol. The molecule has 0 radical (unpaired) electrons. The van der Waals surface area contributed by atoms with E-state index in [-0.39, 0.29) is 5.78 Å². The van der Waals surface area contributed by atoms with E-state index in [1.54, 1.807) is 31.4 Å². The Labute approximate surface area is 165 Å². The van der Waals surface area contributed by atoms with Crippen LogP contribution in [0.15, 0.2) is 35.9 Å². The molecule has 2 aromatic carbocycles. The second-order valence-corrected chi connectivity index (χ2v) is 6.16. The number of methoxy groups -OCH3 is 4. The normalized spacial score (nSPS) is 11.1. The highest BCUT2D eigenvalue weighted by atomic mass is 16.5. The summed E-state index contributed by atoms with van der Waals surface area (Å²) in [5, 5.41) is 0. The molecule has 0 bridgehead atoms. The van der Waals surface area contributed by atoms with Crippen molar-refractivity contribution in [3.8, 4) is 23.0 Å². The summed E-state index contributed by atoms with van der Waals surface area (Å²) in [5.74, 6) is 1.83. The molecule has 6 nitrogen and oxygen atoms in total. The summed E-state index contributed by atoms with van der Waals surface area (Å²) >= 11 is 0. The Bertz CT molecular complexity index is 848. The van der Waals surface area contributed by atoms with Crippen LogP contribution in [0.2, 0.25) is 0 Å². The van der Waals surface area contributed by atoms with Gasteiger partial charge in [0.05, 0.1) is 34.1 Å². The third-order valence-electron chi connectivity index (χ3n) is 4.33. The number of hydrogen-bond donors (Lipinski definition) is 1. The van der Waals surface area contributed by atoms with E-state index in [9.17, 15) is 4.79 Å². The van der Waals surface area contributed by atoms with E-state index < -0.39 is 0 Å². The number of benzene rings is 2. The lowest BCUT2D eigenvalue weighted by Crippen LogP contribution is -2.06. The third-order valence-corrected chi connectivity index (χ3v) is 4.33. The Hall–Kier alpha value is -3.15. The Kier molecular flexibility index (Phi) is 7.32. The first kappa shape index (κ1) is 21.2. The zero-order valence-corrected chi connectivity index (χ0v) is 17.0. The fraction of sp³-hybridized carbons (Fsp3) is 0.318. The molecule has 0 aliphatic heterocycles. The number of nitrogen functional groups attached to an aromatic ring is 1. The number of rotatable bonds is 9. The van der Waals surface area contributed by atoms with Crippen molar-refractivity contribution >= 4 is 17.5 Å². The quantitative estimate of drug-likeness (QED) is 0.392. The van der Waals surface area contributed by atoms with Crippen molar-refractivity contribution in [2.45, 2.75) is 19.8 Å². The monoisotopic (exact) mass is 385 g/mol. The Morgan fingerprint density at radius 1 is 0.929 bits per heavy atom. The summed E-state index contributed by atoms with van der Waals surface area (Å²) < 4.78 is 21.2. The van der Waals surface area contributed by atoms with E-state index in [0.717, 1.165) is 12.0 Å². The van der Waals surface area contributed by atoms with Gasteiger partial charge in [0.15, 0.2) is 17.3 Å². The first-order valence-electron chi connectivity index (χ1n) is 8.97. The Morgan fingerprint density at radius 3 is 2.00 bits per heavy atom. The fourth-order valence-electron chi connectivity index (χ4n) is 2.96. The van der Waals surface area contributed by atoms with Crippen LogP contribution in [0.1, 0.15) is 35.7 Å². The van der Waals surface area contributed by atoms with E-state index in [2.05, 4.69) is 0 Å². The van der Waals surface area contributed by atoms with Gasteiger partial charge in [-0.2, -0.15) is 0 Å². The molecule has 0 fully saturated rings. The molecule has 0 aliphatic carbocycles. The number of anilines is 1. The van der Waals surface area contributed by atoms with Crippen molar-refractivity contribution in [2.75, 3.05) is 34.2 Å².